The molecule has 0 spiro atoms. The Morgan fingerprint density at radius 2 is 1.37 bits per heavy atom. The lowest BCUT2D eigenvalue weighted by molar-refractivity contribution is 0.669. The van der Waals surface area contributed by atoms with Crippen LogP contribution >= 0.6 is 15.9 Å². The van der Waals surface area contributed by atoms with Crippen molar-refractivity contribution in [2.45, 2.75) is 0 Å². The fourth-order valence-corrected chi connectivity index (χ4v) is 6.17. The number of nitrogens with zero attached hydrogens (tertiary/aromatic N) is 2. The van der Waals surface area contributed by atoms with Crippen LogP contribution in [0.1, 0.15) is 0 Å². The van der Waals surface area contributed by atoms with Gasteiger partial charge in [-0.15, -0.1) is 0 Å². The summed E-state index contributed by atoms with van der Waals surface area (Å²) in [7, 11) is 0. The molecule has 3 aromatic heterocycles. The summed E-state index contributed by atoms with van der Waals surface area (Å²) in [5, 5.41) is 3.64. The first-order valence-electron chi connectivity index (χ1n) is 12.4. The second-order valence-corrected chi connectivity index (χ2v) is 10.4. The predicted molar refractivity (Wildman–Crippen MR) is 158 cm³/mol. The molecule has 38 heavy (non-hydrogen) atoms. The van der Waals surface area contributed by atoms with Crippen LogP contribution in [-0.4, -0.2) is 8.97 Å². The highest BCUT2D eigenvalue weighted by molar-refractivity contribution is 9.10. The van der Waals surface area contributed by atoms with Crippen molar-refractivity contribution in [2.24, 2.45) is 0 Å². The largest absolute Gasteiger partial charge is 0.456 e. The van der Waals surface area contributed by atoms with Crippen LogP contribution in [0.5, 0.6) is 0 Å². The molecule has 0 fully saturated rings. The minimum Gasteiger partial charge on any atom is -0.456 e. The van der Waals surface area contributed by atoms with Gasteiger partial charge in [-0.05, 0) is 48.0 Å². The lowest BCUT2D eigenvalue weighted by Gasteiger charge is -2.15. The maximum Gasteiger partial charge on any atom is 0.266 e. The van der Waals surface area contributed by atoms with E-state index < -0.39 is 0 Å². The van der Waals surface area contributed by atoms with Crippen molar-refractivity contribution >= 4 is 65.3 Å². The summed E-state index contributed by atoms with van der Waals surface area (Å²) in [6.45, 7) is 0. The minimum atomic E-state index is -0.0649. The molecule has 0 unspecified atom stereocenters. The van der Waals surface area contributed by atoms with Crippen LogP contribution < -0.4 is 5.56 Å². The van der Waals surface area contributed by atoms with Gasteiger partial charge in [0.15, 0.2) is 0 Å². The molecule has 180 valence electrons. The lowest BCUT2D eigenvalue weighted by atomic mass is 10.0. The van der Waals surface area contributed by atoms with E-state index in [4.69, 9.17) is 4.42 Å². The fraction of sp³-hybridized carbons (Fsp3) is 0. The summed E-state index contributed by atoms with van der Waals surface area (Å²) in [5.74, 6) is 0. The van der Waals surface area contributed by atoms with E-state index in [-0.39, 0.29) is 5.56 Å². The molecule has 0 aliphatic heterocycles. The van der Waals surface area contributed by atoms with Crippen molar-refractivity contribution in [2.75, 3.05) is 0 Å². The summed E-state index contributed by atoms with van der Waals surface area (Å²) in [6.07, 6.45) is 0. The molecule has 0 N–H and O–H groups in total. The van der Waals surface area contributed by atoms with E-state index in [1.54, 1.807) is 0 Å². The van der Waals surface area contributed by atoms with Crippen LogP contribution in [-0.2, 0) is 0 Å². The number of halogens is 1. The monoisotopic (exact) mass is 554 g/mol. The van der Waals surface area contributed by atoms with E-state index in [0.717, 1.165) is 65.3 Å². The molecule has 0 bridgehead atoms. The van der Waals surface area contributed by atoms with Crippen LogP contribution in [0, 0.1) is 0 Å². The van der Waals surface area contributed by atoms with E-state index in [1.165, 1.54) is 0 Å². The second-order valence-electron chi connectivity index (χ2n) is 9.47. The first-order valence-corrected chi connectivity index (χ1v) is 13.2. The molecule has 0 aliphatic rings. The van der Waals surface area contributed by atoms with Crippen molar-refractivity contribution in [1.82, 2.24) is 8.97 Å². The number of hydrogen-bond donors (Lipinski definition) is 0. The van der Waals surface area contributed by atoms with E-state index in [0.29, 0.717) is 5.39 Å². The number of rotatable bonds is 2. The van der Waals surface area contributed by atoms with Crippen molar-refractivity contribution < 1.29 is 4.42 Å². The summed E-state index contributed by atoms with van der Waals surface area (Å²) < 4.78 is 11.3. The van der Waals surface area contributed by atoms with Gasteiger partial charge in [-0.1, -0.05) is 88.7 Å². The van der Waals surface area contributed by atoms with Crippen LogP contribution in [0.15, 0.2) is 129 Å². The molecular weight excluding hydrogens is 536 g/mol. The van der Waals surface area contributed by atoms with E-state index in [2.05, 4.69) is 56.7 Å². The molecule has 0 atom stereocenters. The molecule has 0 amide bonds. The number of para-hydroxylation sites is 2. The average Bonchev–Trinajstić information content (AvgIpc) is 3.50. The maximum absolute atomic E-state index is 14.5. The molecule has 5 heteroatoms. The number of aromatic nitrogens is 2. The van der Waals surface area contributed by atoms with Gasteiger partial charge in [-0.3, -0.25) is 13.8 Å². The van der Waals surface area contributed by atoms with Crippen LogP contribution in [0.3, 0.4) is 0 Å². The number of fused-ring (bicyclic) bond motifs is 8. The van der Waals surface area contributed by atoms with Gasteiger partial charge in [-0.25, -0.2) is 0 Å². The average molecular weight is 555 g/mol. The highest BCUT2D eigenvalue weighted by Crippen LogP contribution is 2.40. The van der Waals surface area contributed by atoms with E-state index in [9.17, 15) is 4.79 Å². The first kappa shape index (κ1) is 21.5. The van der Waals surface area contributed by atoms with Crippen LogP contribution in [0.25, 0.3) is 66.2 Å². The van der Waals surface area contributed by atoms with Gasteiger partial charge in [0.2, 0.25) is 0 Å². The SMILES string of the molecule is O=c1c2ccccc2n2c3cc(Br)ccc3c(-c3ccccc3)c2n1-c1cccc2oc3ccccc3c12. The maximum atomic E-state index is 14.5. The summed E-state index contributed by atoms with van der Waals surface area (Å²) in [5.41, 5.74) is 7.08. The van der Waals surface area contributed by atoms with Gasteiger partial charge in [0.1, 0.15) is 16.8 Å². The third kappa shape index (κ3) is 2.88. The molecule has 8 rings (SSSR count). The van der Waals surface area contributed by atoms with Crippen molar-refractivity contribution in [3.8, 4) is 16.8 Å². The summed E-state index contributed by atoms with van der Waals surface area (Å²) in [4.78, 5) is 14.5. The van der Waals surface area contributed by atoms with Crippen molar-refractivity contribution in [3.05, 3.63) is 130 Å². The van der Waals surface area contributed by atoms with E-state index in [1.807, 2.05) is 83.4 Å². The van der Waals surface area contributed by atoms with Crippen LogP contribution in [0.4, 0.5) is 0 Å². The highest BCUT2D eigenvalue weighted by Gasteiger charge is 2.24. The van der Waals surface area contributed by atoms with Gasteiger partial charge in [0.25, 0.3) is 5.56 Å². The fourth-order valence-electron chi connectivity index (χ4n) is 5.82. The van der Waals surface area contributed by atoms with E-state index >= 15 is 0 Å². The molecule has 0 saturated carbocycles. The summed E-state index contributed by atoms with van der Waals surface area (Å²) in [6, 6.07) is 38.4. The summed E-state index contributed by atoms with van der Waals surface area (Å²) >= 11 is 3.69. The van der Waals surface area contributed by atoms with Crippen molar-refractivity contribution in [1.29, 1.82) is 0 Å². The number of benzene rings is 5. The quantitative estimate of drug-likeness (QED) is 0.214. The smallest absolute Gasteiger partial charge is 0.266 e. The highest BCUT2D eigenvalue weighted by atomic mass is 79.9. The Bertz CT molecular complexity index is 2270. The Morgan fingerprint density at radius 3 is 2.24 bits per heavy atom. The van der Waals surface area contributed by atoms with Crippen molar-refractivity contribution in [3.63, 3.8) is 0 Å². The number of furan rings is 1. The second kappa shape index (κ2) is 7.94. The molecule has 4 nitrogen and oxygen atoms in total. The molecule has 3 heterocycles. The number of hydrogen-bond acceptors (Lipinski definition) is 2. The van der Waals surface area contributed by atoms with Gasteiger partial charge >= 0.3 is 0 Å². The topological polar surface area (TPSA) is 39.5 Å². The minimum absolute atomic E-state index is 0.0649. The predicted octanol–water partition coefficient (Wildman–Crippen LogP) is 8.73. The Kier molecular flexibility index (Phi) is 4.49. The molecule has 5 aromatic carbocycles. The Morgan fingerprint density at radius 1 is 0.632 bits per heavy atom. The van der Waals surface area contributed by atoms with Crippen LogP contribution in [0.2, 0.25) is 0 Å². The zero-order valence-electron chi connectivity index (χ0n) is 20.1. The van der Waals surface area contributed by atoms with Gasteiger partial charge in [0, 0.05) is 20.8 Å². The van der Waals surface area contributed by atoms with Gasteiger partial charge in [-0.2, -0.15) is 0 Å². The molecule has 0 aliphatic carbocycles. The Labute approximate surface area is 225 Å². The van der Waals surface area contributed by atoms with Gasteiger partial charge < -0.3 is 4.42 Å². The molecule has 0 saturated heterocycles. The third-order valence-electron chi connectivity index (χ3n) is 7.38. The Balaban J connectivity index is 1.70. The zero-order chi connectivity index (χ0) is 25.4. The molecular formula is C33H19BrN2O2. The third-order valence-corrected chi connectivity index (χ3v) is 7.87. The Hall–Kier alpha value is -4.61. The first-order chi connectivity index (χ1) is 18.7. The lowest BCUT2D eigenvalue weighted by Crippen LogP contribution is -2.21. The molecule has 8 aromatic rings. The zero-order valence-corrected chi connectivity index (χ0v) is 21.6. The normalized spacial score (nSPS) is 11.9. The standard InChI is InChI=1S/C33H19BrN2O2/c34-21-17-18-22-27(19-21)35-25-13-6-4-11-23(25)33(37)36(32(35)30(22)20-9-2-1-3-10-20)26-14-8-16-29-31(26)24-12-5-7-15-28(24)38-29/h1-19H. The van der Waals surface area contributed by atoms with Gasteiger partial charge in [0.05, 0.1) is 27.5 Å². The molecule has 0 radical (unpaired) electrons.